The van der Waals surface area contributed by atoms with E-state index in [2.05, 4.69) is 17.3 Å². The molecular weight excluding hydrogens is 214 g/mol. The van der Waals surface area contributed by atoms with Crippen LogP contribution in [0, 0.1) is 5.41 Å². The summed E-state index contributed by atoms with van der Waals surface area (Å²) in [5.74, 6) is 0.206. The van der Waals surface area contributed by atoms with Crippen LogP contribution >= 0.6 is 0 Å². The molecule has 1 heterocycles. The molecule has 2 aliphatic rings. The summed E-state index contributed by atoms with van der Waals surface area (Å²) in [5.41, 5.74) is 5.58. The van der Waals surface area contributed by atoms with Crippen LogP contribution in [0.4, 0.5) is 0 Å². The Morgan fingerprint density at radius 3 is 2.71 bits per heavy atom. The zero-order valence-corrected chi connectivity index (χ0v) is 10.9. The number of hydrogen-bond donors (Lipinski definition) is 2. The lowest BCUT2D eigenvalue weighted by Crippen LogP contribution is -2.52. The van der Waals surface area contributed by atoms with E-state index in [0.29, 0.717) is 12.6 Å². The van der Waals surface area contributed by atoms with E-state index < -0.39 is 0 Å². The summed E-state index contributed by atoms with van der Waals surface area (Å²) in [6, 6.07) is 0.324. The second-order valence-corrected chi connectivity index (χ2v) is 5.77. The second kappa shape index (κ2) is 5.36. The van der Waals surface area contributed by atoms with Gasteiger partial charge in [-0.15, -0.1) is 0 Å². The highest BCUT2D eigenvalue weighted by Gasteiger charge is 2.40. The minimum atomic E-state index is -0.254. The Kier molecular flexibility index (Phi) is 4.05. The van der Waals surface area contributed by atoms with Crippen molar-refractivity contribution in [3.8, 4) is 0 Å². The van der Waals surface area contributed by atoms with E-state index in [0.717, 1.165) is 45.2 Å². The summed E-state index contributed by atoms with van der Waals surface area (Å²) in [5, 5.41) is 3.22. The first kappa shape index (κ1) is 12.8. The van der Waals surface area contributed by atoms with Gasteiger partial charge in [-0.3, -0.25) is 4.79 Å². The third-order valence-corrected chi connectivity index (χ3v) is 4.39. The van der Waals surface area contributed by atoms with Crippen molar-refractivity contribution in [3.63, 3.8) is 0 Å². The molecule has 1 unspecified atom stereocenters. The number of carbonyl (C=O) groups excluding carboxylic acids is 1. The summed E-state index contributed by atoms with van der Waals surface area (Å²) >= 11 is 0. The normalized spacial score (nSPS) is 29.2. The Bertz CT molecular complexity index is 274. The highest BCUT2D eigenvalue weighted by atomic mass is 16.2. The minimum absolute atomic E-state index is 0.206. The van der Waals surface area contributed by atoms with Crippen molar-refractivity contribution >= 4 is 5.91 Å². The Labute approximate surface area is 104 Å². The molecule has 98 valence electrons. The third-order valence-electron chi connectivity index (χ3n) is 4.39. The first-order valence-corrected chi connectivity index (χ1v) is 6.86. The summed E-state index contributed by atoms with van der Waals surface area (Å²) in [7, 11) is 2.12. The maximum atomic E-state index is 12.4. The van der Waals surface area contributed by atoms with Crippen LogP contribution in [0.25, 0.3) is 0 Å². The molecule has 1 saturated heterocycles. The topological polar surface area (TPSA) is 58.4 Å². The van der Waals surface area contributed by atoms with Gasteiger partial charge >= 0.3 is 0 Å². The largest absolute Gasteiger partial charge is 0.352 e. The van der Waals surface area contributed by atoms with E-state index in [1.165, 1.54) is 6.42 Å². The molecule has 1 amide bonds. The van der Waals surface area contributed by atoms with Gasteiger partial charge in [-0.25, -0.2) is 0 Å². The van der Waals surface area contributed by atoms with E-state index in [9.17, 15) is 4.79 Å². The number of nitrogens with one attached hydrogen (secondary N) is 1. The zero-order valence-electron chi connectivity index (χ0n) is 10.9. The monoisotopic (exact) mass is 239 g/mol. The van der Waals surface area contributed by atoms with Crippen molar-refractivity contribution in [2.75, 3.05) is 26.7 Å². The molecule has 0 spiro atoms. The van der Waals surface area contributed by atoms with Crippen LogP contribution in [0.2, 0.25) is 0 Å². The maximum Gasteiger partial charge on any atom is 0.227 e. The van der Waals surface area contributed by atoms with Crippen LogP contribution < -0.4 is 11.1 Å². The molecule has 0 radical (unpaired) electrons. The van der Waals surface area contributed by atoms with Gasteiger partial charge in [-0.2, -0.15) is 0 Å². The van der Waals surface area contributed by atoms with Crippen LogP contribution in [0.3, 0.4) is 0 Å². The predicted molar refractivity (Wildman–Crippen MR) is 68.6 cm³/mol. The fourth-order valence-corrected chi connectivity index (χ4v) is 3.20. The molecule has 4 heteroatoms. The quantitative estimate of drug-likeness (QED) is 0.763. The molecular formula is C13H25N3O. The number of carbonyl (C=O) groups is 1. The standard InChI is InChI=1S/C13H25N3O/c1-16-8-4-5-11(9-16)15-12(17)13(10-14)6-2-3-7-13/h11H,2-10,14H2,1H3,(H,15,17). The molecule has 0 bridgehead atoms. The number of piperidine rings is 1. The van der Waals surface area contributed by atoms with E-state index >= 15 is 0 Å². The fourth-order valence-electron chi connectivity index (χ4n) is 3.20. The number of amides is 1. The average molecular weight is 239 g/mol. The summed E-state index contributed by atoms with van der Waals surface area (Å²) in [6.07, 6.45) is 6.52. The van der Waals surface area contributed by atoms with Gasteiger partial charge in [-0.05, 0) is 39.3 Å². The average Bonchev–Trinajstić information content (AvgIpc) is 2.78. The lowest BCUT2D eigenvalue weighted by molar-refractivity contribution is -0.131. The van der Waals surface area contributed by atoms with E-state index in [1.54, 1.807) is 0 Å². The zero-order chi connectivity index (χ0) is 12.3. The lowest BCUT2D eigenvalue weighted by Gasteiger charge is -2.34. The molecule has 17 heavy (non-hydrogen) atoms. The van der Waals surface area contributed by atoms with Gasteiger partial charge in [0.2, 0.25) is 5.91 Å². The van der Waals surface area contributed by atoms with Gasteiger partial charge in [0.1, 0.15) is 0 Å². The Morgan fingerprint density at radius 1 is 1.41 bits per heavy atom. The number of nitrogens with two attached hydrogens (primary N) is 1. The van der Waals surface area contributed by atoms with Crippen LogP contribution in [0.15, 0.2) is 0 Å². The van der Waals surface area contributed by atoms with Crippen LogP contribution in [-0.2, 0) is 4.79 Å². The number of rotatable bonds is 3. The van der Waals surface area contributed by atoms with Crippen LogP contribution in [0.5, 0.6) is 0 Å². The highest BCUT2D eigenvalue weighted by Crippen LogP contribution is 2.37. The second-order valence-electron chi connectivity index (χ2n) is 5.77. The fraction of sp³-hybridized carbons (Fsp3) is 0.923. The Morgan fingerprint density at radius 2 is 2.12 bits per heavy atom. The lowest BCUT2D eigenvalue weighted by atomic mass is 9.85. The predicted octanol–water partition coefficient (Wildman–Crippen LogP) is 0.716. The number of likely N-dealkylation sites (tertiary alicyclic amines) is 1. The first-order valence-electron chi connectivity index (χ1n) is 6.86. The van der Waals surface area contributed by atoms with Crippen LogP contribution in [-0.4, -0.2) is 43.5 Å². The van der Waals surface area contributed by atoms with Gasteiger partial charge in [0, 0.05) is 19.1 Å². The number of nitrogens with zero attached hydrogens (tertiary/aromatic N) is 1. The summed E-state index contributed by atoms with van der Waals surface area (Å²) in [4.78, 5) is 14.7. The molecule has 1 atom stereocenters. The molecule has 3 N–H and O–H groups in total. The SMILES string of the molecule is CN1CCCC(NC(=O)C2(CN)CCCC2)C1. The first-order chi connectivity index (χ1) is 8.16. The summed E-state index contributed by atoms with van der Waals surface area (Å²) < 4.78 is 0. The number of hydrogen-bond acceptors (Lipinski definition) is 3. The molecule has 0 aromatic heterocycles. The van der Waals surface area contributed by atoms with E-state index in [1.807, 2.05) is 0 Å². The van der Waals surface area contributed by atoms with Crippen molar-refractivity contribution < 1.29 is 4.79 Å². The minimum Gasteiger partial charge on any atom is -0.352 e. The molecule has 1 saturated carbocycles. The third kappa shape index (κ3) is 2.80. The molecule has 2 fully saturated rings. The van der Waals surface area contributed by atoms with Gasteiger partial charge in [0.05, 0.1) is 5.41 Å². The van der Waals surface area contributed by atoms with Gasteiger partial charge < -0.3 is 16.0 Å². The van der Waals surface area contributed by atoms with Crippen molar-refractivity contribution in [2.24, 2.45) is 11.1 Å². The van der Waals surface area contributed by atoms with Gasteiger partial charge in [-0.1, -0.05) is 12.8 Å². The Hall–Kier alpha value is -0.610. The smallest absolute Gasteiger partial charge is 0.227 e. The maximum absolute atomic E-state index is 12.4. The van der Waals surface area contributed by atoms with E-state index in [4.69, 9.17) is 5.73 Å². The van der Waals surface area contributed by atoms with Crippen LogP contribution in [0.1, 0.15) is 38.5 Å². The molecule has 0 aromatic carbocycles. The van der Waals surface area contributed by atoms with Crippen molar-refractivity contribution in [1.29, 1.82) is 0 Å². The van der Waals surface area contributed by atoms with Gasteiger partial charge in [0.25, 0.3) is 0 Å². The van der Waals surface area contributed by atoms with Crippen molar-refractivity contribution in [3.05, 3.63) is 0 Å². The molecule has 2 rings (SSSR count). The van der Waals surface area contributed by atoms with Crippen molar-refractivity contribution in [1.82, 2.24) is 10.2 Å². The molecule has 1 aliphatic carbocycles. The highest BCUT2D eigenvalue weighted by molar-refractivity contribution is 5.83. The Balaban J connectivity index is 1.91. The number of likely N-dealkylation sites (N-methyl/N-ethyl adjacent to an activating group) is 1. The molecule has 0 aromatic rings. The van der Waals surface area contributed by atoms with Gasteiger partial charge in [0.15, 0.2) is 0 Å². The molecule has 1 aliphatic heterocycles. The molecule has 4 nitrogen and oxygen atoms in total. The summed E-state index contributed by atoms with van der Waals surface area (Å²) in [6.45, 7) is 2.63. The van der Waals surface area contributed by atoms with Crippen molar-refractivity contribution in [2.45, 2.75) is 44.6 Å². The van der Waals surface area contributed by atoms with E-state index in [-0.39, 0.29) is 11.3 Å².